The van der Waals surface area contributed by atoms with E-state index in [0.717, 1.165) is 80.6 Å². The monoisotopic (exact) mass is 525 g/mol. The molecule has 11 heteroatoms. The Labute approximate surface area is 225 Å². The Morgan fingerprint density at radius 1 is 1.03 bits per heavy atom. The summed E-state index contributed by atoms with van der Waals surface area (Å²) < 4.78 is 0. The van der Waals surface area contributed by atoms with E-state index in [1.54, 1.807) is 6.20 Å². The standard InChI is InChI=1S/C28H31N9O2/c38-25-24(30-16-31-26(25)32-20-4-5-20)19-3-6-21-22(14-19)34-28(33-21)35-23-13-17(7-8-29-23)15-36-9-11-37(12-10-36)27(39)18-1-2-18/h3,6-8,13-14,16,18,20,38H,1-2,4-5,9-12,15H2,(H,30,31,32)(H2,29,33,34,35). The number of nitrogens with one attached hydrogen (secondary N) is 3. The number of rotatable bonds is 8. The summed E-state index contributed by atoms with van der Waals surface area (Å²) in [6.45, 7) is 4.19. The third-order valence-corrected chi connectivity index (χ3v) is 7.58. The van der Waals surface area contributed by atoms with Gasteiger partial charge in [-0.25, -0.2) is 19.9 Å². The molecule has 1 amide bonds. The summed E-state index contributed by atoms with van der Waals surface area (Å²) in [6, 6.07) is 10.2. The maximum atomic E-state index is 12.3. The Balaban J connectivity index is 1.02. The van der Waals surface area contributed by atoms with Crippen LogP contribution in [0.15, 0.2) is 42.9 Å². The van der Waals surface area contributed by atoms with E-state index in [0.29, 0.717) is 35.2 Å². The lowest BCUT2D eigenvalue weighted by Crippen LogP contribution is -2.48. The number of benzene rings is 1. The molecule has 0 spiro atoms. The molecular formula is C28H31N9O2. The fraction of sp³-hybridized carbons (Fsp3) is 0.393. The van der Waals surface area contributed by atoms with E-state index in [2.05, 4.69) is 40.5 Å². The number of pyridine rings is 1. The van der Waals surface area contributed by atoms with Gasteiger partial charge < -0.3 is 25.6 Å². The van der Waals surface area contributed by atoms with Crippen LogP contribution in [0.1, 0.15) is 31.2 Å². The number of nitrogens with zero attached hydrogens (tertiary/aromatic N) is 6. The lowest BCUT2D eigenvalue weighted by atomic mass is 10.1. The van der Waals surface area contributed by atoms with Gasteiger partial charge in [0, 0.05) is 56.4 Å². The van der Waals surface area contributed by atoms with Crippen LogP contribution >= 0.6 is 0 Å². The molecule has 1 aliphatic heterocycles. The molecule has 11 nitrogen and oxygen atoms in total. The molecule has 2 aliphatic carbocycles. The lowest BCUT2D eigenvalue weighted by molar-refractivity contribution is -0.134. The molecule has 1 aromatic carbocycles. The number of carbonyl (C=O) groups excluding carboxylic acids is 1. The van der Waals surface area contributed by atoms with Crippen LogP contribution in [0.25, 0.3) is 22.3 Å². The number of aromatic amines is 1. The van der Waals surface area contributed by atoms with E-state index < -0.39 is 0 Å². The number of fused-ring (bicyclic) bond motifs is 1. The van der Waals surface area contributed by atoms with Crippen molar-refractivity contribution in [3.63, 3.8) is 0 Å². The molecule has 7 rings (SSSR count). The Morgan fingerprint density at radius 3 is 2.67 bits per heavy atom. The van der Waals surface area contributed by atoms with Crippen LogP contribution in [0.5, 0.6) is 5.75 Å². The highest BCUT2D eigenvalue weighted by atomic mass is 16.3. The van der Waals surface area contributed by atoms with Crippen molar-refractivity contribution < 1.29 is 9.90 Å². The number of anilines is 3. The number of imidazole rings is 1. The molecule has 0 radical (unpaired) electrons. The van der Waals surface area contributed by atoms with Gasteiger partial charge in [0.15, 0.2) is 11.6 Å². The van der Waals surface area contributed by atoms with Crippen LogP contribution in [-0.2, 0) is 11.3 Å². The maximum Gasteiger partial charge on any atom is 0.225 e. The van der Waals surface area contributed by atoms with Gasteiger partial charge in [-0.2, -0.15) is 0 Å². The molecule has 1 saturated heterocycles. The minimum Gasteiger partial charge on any atom is -0.503 e. The van der Waals surface area contributed by atoms with E-state index in [1.165, 1.54) is 6.33 Å². The molecule has 3 fully saturated rings. The Hall–Kier alpha value is -4.25. The Kier molecular flexibility index (Phi) is 5.99. The van der Waals surface area contributed by atoms with Crippen molar-refractivity contribution in [3.05, 3.63) is 48.4 Å². The third-order valence-electron chi connectivity index (χ3n) is 7.58. The minimum absolute atomic E-state index is 0.0542. The molecule has 0 unspecified atom stereocenters. The van der Waals surface area contributed by atoms with Crippen molar-refractivity contribution in [1.82, 2.24) is 34.7 Å². The Morgan fingerprint density at radius 2 is 1.87 bits per heavy atom. The van der Waals surface area contributed by atoms with Crippen molar-refractivity contribution in [2.45, 2.75) is 38.3 Å². The average Bonchev–Trinajstić information content (AvgIpc) is 3.88. The van der Waals surface area contributed by atoms with Crippen molar-refractivity contribution >= 4 is 34.5 Å². The minimum atomic E-state index is 0.0542. The molecule has 200 valence electrons. The van der Waals surface area contributed by atoms with Gasteiger partial charge in [0.25, 0.3) is 0 Å². The van der Waals surface area contributed by atoms with Crippen LogP contribution in [0.4, 0.5) is 17.6 Å². The zero-order valence-corrected chi connectivity index (χ0v) is 21.6. The number of piperazine rings is 1. The largest absolute Gasteiger partial charge is 0.503 e. The van der Waals surface area contributed by atoms with Gasteiger partial charge in [0.1, 0.15) is 17.8 Å². The van der Waals surface area contributed by atoms with E-state index in [9.17, 15) is 9.90 Å². The Bertz CT molecular complexity index is 1520. The van der Waals surface area contributed by atoms with Crippen molar-refractivity contribution in [3.8, 4) is 17.0 Å². The zero-order chi connectivity index (χ0) is 26.3. The molecule has 4 aromatic rings. The smallest absolute Gasteiger partial charge is 0.225 e. The molecule has 4 heterocycles. The predicted molar refractivity (Wildman–Crippen MR) is 148 cm³/mol. The molecule has 3 aromatic heterocycles. The SMILES string of the molecule is O=C(C1CC1)N1CCN(Cc2ccnc(Nc3nc4ccc(-c5ncnc(NC6CC6)c5O)cc4[nH]3)c2)CC1. The van der Waals surface area contributed by atoms with Crippen molar-refractivity contribution in [1.29, 1.82) is 0 Å². The predicted octanol–water partition coefficient (Wildman–Crippen LogP) is 3.49. The molecular weight excluding hydrogens is 494 g/mol. The summed E-state index contributed by atoms with van der Waals surface area (Å²) in [5.41, 5.74) is 4.02. The summed E-state index contributed by atoms with van der Waals surface area (Å²) in [7, 11) is 0. The quantitative estimate of drug-likeness (QED) is 0.273. The van der Waals surface area contributed by atoms with E-state index in [4.69, 9.17) is 0 Å². The number of H-pyrrole nitrogens is 1. The number of aromatic nitrogens is 5. The second-order valence-electron chi connectivity index (χ2n) is 10.7. The van der Waals surface area contributed by atoms with Gasteiger partial charge in [-0.3, -0.25) is 9.69 Å². The van der Waals surface area contributed by atoms with Gasteiger partial charge in [0.2, 0.25) is 11.9 Å². The van der Waals surface area contributed by atoms with Gasteiger partial charge in [-0.05, 0) is 55.5 Å². The molecule has 2 saturated carbocycles. The first-order chi connectivity index (χ1) is 19.1. The van der Waals surface area contributed by atoms with Crippen LogP contribution in [-0.4, -0.2) is 78.0 Å². The molecule has 0 bridgehead atoms. The fourth-order valence-electron chi connectivity index (χ4n) is 5.07. The highest BCUT2D eigenvalue weighted by molar-refractivity contribution is 5.85. The lowest BCUT2D eigenvalue weighted by Gasteiger charge is -2.34. The third kappa shape index (κ3) is 5.22. The summed E-state index contributed by atoms with van der Waals surface area (Å²) >= 11 is 0. The van der Waals surface area contributed by atoms with Crippen LogP contribution in [0.3, 0.4) is 0 Å². The van der Waals surface area contributed by atoms with Crippen molar-refractivity contribution in [2.75, 3.05) is 36.8 Å². The van der Waals surface area contributed by atoms with Gasteiger partial charge in [-0.15, -0.1) is 0 Å². The second kappa shape index (κ2) is 9.81. The number of carbonyl (C=O) groups is 1. The number of aromatic hydroxyl groups is 1. The zero-order valence-electron chi connectivity index (χ0n) is 21.6. The summed E-state index contributed by atoms with van der Waals surface area (Å²) in [5.74, 6) is 2.44. The highest BCUT2D eigenvalue weighted by Crippen LogP contribution is 2.36. The first kappa shape index (κ1) is 23.8. The van der Waals surface area contributed by atoms with E-state index >= 15 is 0 Å². The molecule has 4 N–H and O–H groups in total. The number of amides is 1. The molecule has 3 aliphatic rings. The van der Waals surface area contributed by atoms with Crippen LogP contribution in [0.2, 0.25) is 0 Å². The molecule has 39 heavy (non-hydrogen) atoms. The van der Waals surface area contributed by atoms with Gasteiger partial charge in [0.05, 0.1) is 11.0 Å². The first-order valence-electron chi connectivity index (χ1n) is 13.6. The number of hydrogen-bond donors (Lipinski definition) is 4. The normalized spacial score (nSPS) is 17.9. The van der Waals surface area contributed by atoms with Crippen LogP contribution in [0, 0.1) is 5.92 Å². The van der Waals surface area contributed by atoms with Crippen molar-refractivity contribution in [2.24, 2.45) is 5.92 Å². The van der Waals surface area contributed by atoms with E-state index in [-0.39, 0.29) is 11.7 Å². The topological polar surface area (TPSA) is 135 Å². The summed E-state index contributed by atoms with van der Waals surface area (Å²) in [6.07, 6.45) is 7.57. The summed E-state index contributed by atoms with van der Waals surface area (Å²) in [5, 5.41) is 17.3. The van der Waals surface area contributed by atoms with Crippen LogP contribution < -0.4 is 10.6 Å². The van der Waals surface area contributed by atoms with Gasteiger partial charge in [-0.1, -0.05) is 6.07 Å². The maximum absolute atomic E-state index is 12.3. The number of hydrogen-bond acceptors (Lipinski definition) is 9. The first-order valence-corrected chi connectivity index (χ1v) is 13.6. The van der Waals surface area contributed by atoms with Gasteiger partial charge >= 0.3 is 0 Å². The van der Waals surface area contributed by atoms with E-state index in [1.807, 2.05) is 35.2 Å². The summed E-state index contributed by atoms with van der Waals surface area (Å²) in [4.78, 5) is 37.7. The second-order valence-corrected chi connectivity index (χ2v) is 10.7. The fourth-order valence-corrected chi connectivity index (χ4v) is 5.07. The average molecular weight is 526 g/mol. The molecule has 0 atom stereocenters. The highest BCUT2D eigenvalue weighted by Gasteiger charge is 2.34.